The number of piperidine rings is 2. The van der Waals surface area contributed by atoms with Crippen LogP contribution in [-0.4, -0.2) is 125 Å². The van der Waals surface area contributed by atoms with Gasteiger partial charge in [-0.3, -0.25) is 15.0 Å². The molecule has 5 amide bonds. The highest BCUT2D eigenvalue weighted by atomic mass is 19.1. The topological polar surface area (TPSA) is 126 Å². The maximum atomic E-state index is 16.9. The highest BCUT2D eigenvalue weighted by Gasteiger charge is 2.57. The van der Waals surface area contributed by atoms with E-state index < -0.39 is 42.7 Å². The monoisotopic (exact) mass is 676 g/mol. The van der Waals surface area contributed by atoms with E-state index in [0.717, 1.165) is 25.8 Å². The smallest absolute Gasteiger partial charge is 0.320 e. The third kappa shape index (κ3) is 6.55. The molecular weight excluding hydrogens is 618 g/mol. The van der Waals surface area contributed by atoms with Gasteiger partial charge in [-0.25, -0.2) is 18.4 Å². The number of primary amides is 1. The van der Waals surface area contributed by atoms with E-state index >= 15 is 8.78 Å². The fourth-order valence-corrected chi connectivity index (χ4v) is 10.4. The highest BCUT2D eigenvalue weighted by Crippen LogP contribution is 2.44. The molecule has 6 aliphatic rings. The van der Waals surface area contributed by atoms with Crippen LogP contribution in [0.3, 0.4) is 0 Å². The van der Waals surface area contributed by atoms with Crippen LogP contribution in [0.15, 0.2) is 12.7 Å². The molecule has 13 heteroatoms. The van der Waals surface area contributed by atoms with Crippen LogP contribution in [0.5, 0.6) is 0 Å². The van der Waals surface area contributed by atoms with Crippen molar-refractivity contribution < 1.29 is 23.2 Å². The molecule has 5 N–H and O–H groups in total. The van der Waals surface area contributed by atoms with Crippen molar-refractivity contribution in [1.29, 1.82) is 0 Å². The minimum Gasteiger partial charge on any atom is -0.351 e. The number of hydrogen-bond donors (Lipinski definition) is 4. The predicted molar refractivity (Wildman–Crippen MR) is 180 cm³/mol. The van der Waals surface area contributed by atoms with E-state index in [1.807, 2.05) is 23.6 Å². The Bertz CT molecular complexity index is 1210. The Balaban J connectivity index is 1.41. The zero-order valence-corrected chi connectivity index (χ0v) is 29.2. The van der Waals surface area contributed by atoms with Gasteiger partial charge in [0.25, 0.3) is 0 Å². The molecule has 48 heavy (non-hydrogen) atoms. The molecule has 0 radical (unpaired) electrons. The number of piperazine rings is 1. The zero-order chi connectivity index (χ0) is 34.4. The first-order valence-corrected chi connectivity index (χ1v) is 18.5. The number of alkyl halides is 2. The van der Waals surface area contributed by atoms with Crippen LogP contribution in [0.25, 0.3) is 0 Å². The molecule has 11 nitrogen and oxygen atoms in total. The van der Waals surface area contributed by atoms with Gasteiger partial charge in [-0.15, -0.1) is 0 Å². The molecule has 2 bridgehead atoms. The van der Waals surface area contributed by atoms with Crippen molar-refractivity contribution in [2.75, 3.05) is 32.7 Å². The first kappa shape index (κ1) is 35.3. The van der Waals surface area contributed by atoms with Crippen molar-refractivity contribution in [1.82, 2.24) is 35.6 Å². The number of urea groups is 2. The summed E-state index contributed by atoms with van der Waals surface area (Å²) in [4.78, 5) is 47.6. The van der Waals surface area contributed by atoms with Gasteiger partial charge in [0, 0.05) is 62.2 Å². The van der Waals surface area contributed by atoms with Crippen LogP contribution >= 0.6 is 0 Å². The average molecular weight is 677 g/mol. The lowest BCUT2D eigenvalue weighted by atomic mass is 9.69. The van der Waals surface area contributed by atoms with E-state index in [0.29, 0.717) is 45.4 Å². The molecule has 13 atom stereocenters. The first-order chi connectivity index (χ1) is 22.9. The van der Waals surface area contributed by atoms with E-state index in [1.54, 1.807) is 4.90 Å². The van der Waals surface area contributed by atoms with Gasteiger partial charge in [-0.2, -0.15) is 0 Å². The van der Waals surface area contributed by atoms with Crippen LogP contribution in [0.1, 0.15) is 72.6 Å². The Hall–Kier alpha value is -2.51. The van der Waals surface area contributed by atoms with Crippen molar-refractivity contribution >= 4 is 18.0 Å². The highest BCUT2D eigenvalue weighted by molar-refractivity contribution is 5.87. The second-order valence-corrected chi connectivity index (χ2v) is 15.9. The maximum Gasteiger partial charge on any atom is 0.320 e. The summed E-state index contributed by atoms with van der Waals surface area (Å²) in [5.74, 6) is -0.933. The third-order valence-electron chi connectivity index (χ3n) is 12.7. The molecule has 5 saturated heterocycles. The summed E-state index contributed by atoms with van der Waals surface area (Å²) in [7, 11) is 0. The van der Waals surface area contributed by atoms with E-state index in [1.165, 1.54) is 6.08 Å². The predicted octanol–water partition coefficient (Wildman–Crippen LogP) is 3.02. The summed E-state index contributed by atoms with van der Waals surface area (Å²) in [6.07, 6.45) is 2.13. The molecule has 270 valence electrons. The van der Waals surface area contributed by atoms with Gasteiger partial charge < -0.3 is 31.1 Å². The quantitative estimate of drug-likeness (QED) is 0.341. The number of halogens is 2. The molecule has 6 rings (SSSR count). The van der Waals surface area contributed by atoms with E-state index in [-0.39, 0.29) is 66.2 Å². The second kappa shape index (κ2) is 14.4. The molecule has 1 aliphatic carbocycles. The Morgan fingerprint density at radius 2 is 1.73 bits per heavy atom. The summed E-state index contributed by atoms with van der Waals surface area (Å²) in [5, 5.41) is 10.7. The molecule has 5 heterocycles. The Morgan fingerprint density at radius 3 is 2.44 bits per heavy atom. The van der Waals surface area contributed by atoms with Crippen molar-refractivity contribution in [3.8, 4) is 0 Å². The van der Waals surface area contributed by atoms with E-state index in [9.17, 15) is 14.4 Å². The van der Waals surface area contributed by atoms with E-state index in [4.69, 9.17) is 5.73 Å². The van der Waals surface area contributed by atoms with Crippen molar-refractivity contribution in [3.05, 3.63) is 12.7 Å². The minimum atomic E-state index is -1.35. The fourth-order valence-electron chi connectivity index (χ4n) is 10.4. The number of carbonyl (C=O) groups excluding carboxylic acids is 3. The molecule has 0 aromatic carbocycles. The molecule has 0 aromatic heterocycles. The summed E-state index contributed by atoms with van der Waals surface area (Å²) in [6.45, 7) is 14.7. The van der Waals surface area contributed by atoms with Gasteiger partial charge in [-0.1, -0.05) is 26.8 Å². The molecule has 5 aliphatic heterocycles. The number of rotatable bonds is 3. The van der Waals surface area contributed by atoms with Crippen LogP contribution in [-0.2, 0) is 4.79 Å². The average Bonchev–Trinajstić information content (AvgIpc) is 3.05. The summed E-state index contributed by atoms with van der Waals surface area (Å²) < 4.78 is 33.0. The summed E-state index contributed by atoms with van der Waals surface area (Å²) in [6, 6.07) is -1.88. The van der Waals surface area contributed by atoms with Crippen LogP contribution < -0.4 is 21.7 Å². The number of nitrogens with one attached hydrogen (secondary N) is 3. The second-order valence-electron chi connectivity index (χ2n) is 15.9. The van der Waals surface area contributed by atoms with Crippen LogP contribution in [0, 0.1) is 29.6 Å². The van der Waals surface area contributed by atoms with Gasteiger partial charge in [0.05, 0.1) is 18.4 Å². The molecule has 1 saturated carbocycles. The summed E-state index contributed by atoms with van der Waals surface area (Å²) in [5.41, 5.74) is 5.89. The van der Waals surface area contributed by atoms with E-state index in [2.05, 4.69) is 41.3 Å². The lowest BCUT2D eigenvalue weighted by Crippen LogP contribution is -2.80. The molecular formula is C35H58F2N8O3. The first-order valence-electron chi connectivity index (χ1n) is 18.5. The fraction of sp³-hybridized carbons (Fsp3) is 0.857. The Morgan fingerprint density at radius 1 is 0.979 bits per heavy atom. The van der Waals surface area contributed by atoms with Gasteiger partial charge in [0.2, 0.25) is 5.91 Å². The SMILES string of the molecule is C=CC(=O)N1C[C@H](C)N(C2NC(=O)N3C4NC(C(F)CC42)C2C(F)CCCC2CN(C(N)=O)CCCC2CCNC(C(C)C)C23)C[C@H]1C. The van der Waals surface area contributed by atoms with Crippen molar-refractivity contribution in [3.63, 3.8) is 0 Å². The Labute approximate surface area is 284 Å². The number of carbonyl (C=O) groups is 3. The van der Waals surface area contributed by atoms with Gasteiger partial charge in [-0.05, 0) is 82.7 Å². The third-order valence-corrected chi connectivity index (χ3v) is 12.7. The number of nitrogens with zero attached hydrogens (tertiary/aromatic N) is 4. The number of amides is 5. The van der Waals surface area contributed by atoms with Crippen molar-refractivity contribution in [2.45, 2.75) is 128 Å². The maximum absolute atomic E-state index is 16.9. The molecule has 0 aromatic rings. The van der Waals surface area contributed by atoms with Crippen molar-refractivity contribution in [2.24, 2.45) is 35.3 Å². The summed E-state index contributed by atoms with van der Waals surface area (Å²) >= 11 is 0. The van der Waals surface area contributed by atoms with Crippen LogP contribution in [0.4, 0.5) is 18.4 Å². The van der Waals surface area contributed by atoms with Gasteiger partial charge in [0.15, 0.2) is 0 Å². The lowest BCUT2D eigenvalue weighted by molar-refractivity contribution is -0.136. The number of fused-ring (bicyclic) bond motifs is 5. The number of hydrogen-bond acceptors (Lipinski definition) is 6. The Kier molecular flexibility index (Phi) is 10.6. The molecule has 11 unspecified atom stereocenters. The standard InChI is InChI=1S/C35H58F2N8O3/c1-6-27(46)43-16-21(5)44(17-20(43)4)32-24-15-26(37)30-28-23(9-7-11-25(28)36)18-42(34(38)47)14-8-10-22-12-13-39-29(19(2)3)31(22)45(33(24)40-30)35(48)41-32/h6,19-26,28-33,39-40H,1,7-18H2,2-5H3,(H2,38,47)(H,41,48)/t20-,21+,22?,23?,24?,25?,26?,28?,29?,30?,31?,32?,33?/m1/s1. The van der Waals surface area contributed by atoms with Gasteiger partial charge in [0.1, 0.15) is 12.3 Å². The largest absolute Gasteiger partial charge is 0.351 e. The lowest BCUT2D eigenvalue weighted by Gasteiger charge is -2.60. The van der Waals surface area contributed by atoms with Gasteiger partial charge >= 0.3 is 12.1 Å². The molecule has 6 fully saturated rings. The van der Waals surface area contributed by atoms with Crippen LogP contribution in [0.2, 0.25) is 0 Å². The molecule has 0 spiro atoms. The normalized spacial score (nSPS) is 42.8. The minimum absolute atomic E-state index is 0.0104. The zero-order valence-electron chi connectivity index (χ0n) is 29.2. The number of nitrogens with two attached hydrogens (primary N) is 1.